The van der Waals surface area contributed by atoms with Gasteiger partial charge in [-0.25, -0.2) is 4.39 Å². The van der Waals surface area contributed by atoms with Crippen LogP contribution in [0.1, 0.15) is 40.5 Å². The van der Waals surface area contributed by atoms with Crippen LogP contribution in [0.3, 0.4) is 0 Å². The summed E-state index contributed by atoms with van der Waals surface area (Å²) in [5.74, 6) is -5.76. The fraction of sp³-hybridized carbons (Fsp3) is 0.382. The van der Waals surface area contributed by atoms with Crippen LogP contribution in [0.4, 0.5) is 10.1 Å². The Morgan fingerprint density at radius 3 is 2.52 bits per heavy atom. The number of hydrogen-bond donors (Lipinski definition) is 3. The average molecular weight is 879 g/mol. The van der Waals surface area contributed by atoms with E-state index in [1.54, 1.807) is 6.07 Å². The smallest absolute Gasteiger partial charge is 0.545 e. The van der Waals surface area contributed by atoms with E-state index in [1.165, 1.54) is 32.6 Å². The Morgan fingerprint density at radius 2 is 1.89 bits per heavy atom. The Balaban J connectivity index is 0.00000300. The Kier molecular flexibility index (Phi) is 15.2. The topological polar surface area (TPSA) is 196 Å². The molecular formula is C34H30ClFN6Na2O8S4. The van der Waals surface area contributed by atoms with Gasteiger partial charge in [0.15, 0.2) is 5.43 Å². The van der Waals surface area contributed by atoms with Crippen LogP contribution in [-0.2, 0) is 25.6 Å². The number of hydrogen-bond acceptors (Lipinski definition) is 13. The minimum atomic E-state index is -1.69. The molecule has 3 amide bonds. The van der Waals surface area contributed by atoms with Gasteiger partial charge >= 0.3 is 59.1 Å². The molecule has 3 atom stereocenters. The summed E-state index contributed by atoms with van der Waals surface area (Å²) in [6, 6.07) is 2.98. The summed E-state index contributed by atoms with van der Waals surface area (Å²) in [5, 5.41) is 33.5. The number of amides is 3. The minimum Gasteiger partial charge on any atom is -0.545 e. The molecule has 2 saturated heterocycles. The van der Waals surface area contributed by atoms with Crippen LogP contribution in [0.25, 0.3) is 10.9 Å². The van der Waals surface area contributed by atoms with Gasteiger partial charge in [-0.1, -0.05) is 41.6 Å². The van der Waals surface area contributed by atoms with Crippen molar-refractivity contribution in [2.24, 2.45) is 0 Å². The second-order valence-electron chi connectivity index (χ2n) is 13.0. The molecule has 4 aliphatic rings. The molecule has 3 aromatic rings. The number of fused-ring (bicyclic) bond motifs is 2. The van der Waals surface area contributed by atoms with Crippen molar-refractivity contribution in [2.45, 2.75) is 49.2 Å². The molecule has 7 rings (SSSR count). The number of carbonyl (C=O) groups excluding carboxylic acids is 5. The number of aromatic carboxylic acids is 1. The SMILES string of the molecule is O=C(Cc1cccs1)NC1C(=O)N2C(C(=O)[O-])=C(CNC(=S)SCC(=O)N(c3c(F)cc4c(=O)c(C(=O)[O-])cn(C5CC5)c4c3Cl)C3CCNC3)CSC12.[Na+].[Na+]. The van der Waals surface area contributed by atoms with Crippen LogP contribution in [0.15, 0.2) is 45.8 Å². The number of aromatic nitrogens is 1. The van der Waals surface area contributed by atoms with E-state index >= 15 is 4.39 Å². The van der Waals surface area contributed by atoms with Gasteiger partial charge in [-0.2, -0.15) is 0 Å². The molecule has 0 radical (unpaired) electrons. The molecule has 3 aliphatic heterocycles. The maximum absolute atomic E-state index is 16.0. The number of carboxylic acid groups (broad SMARTS) is 2. The van der Waals surface area contributed by atoms with Crippen LogP contribution < -0.4 is 95.6 Å². The molecule has 22 heteroatoms. The van der Waals surface area contributed by atoms with Gasteiger partial charge in [0.1, 0.15) is 27.2 Å². The molecule has 1 aromatic carbocycles. The second kappa shape index (κ2) is 18.9. The number of thiocarbonyl (C=S) groups is 1. The van der Waals surface area contributed by atoms with Crippen LogP contribution in [0.2, 0.25) is 5.02 Å². The monoisotopic (exact) mass is 878 g/mol. The molecule has 3 fully saturated rings. The van der Waals surface area contributed by atoms with Gasteiger partial charge < -0.3 is 45.2 Å². The summed E-state index contributed by atoms with van der Waals surface area (Å²) < 4.78 is 17.7. The number of nitrogens with zero attached hydrogens (tertiary/aromatic N) is 3. The van der Waals surface area contributed by atoms with E-state index in [0.29, 0.717) is 37.9 Å². The van der Waals surface area contributed by atoms with E-state index in [-0.39, 0.29) is 127 Å². The van der Waals surface area contributed by atoms with Crippen LogP contribution >= 0.6 is 58.7 Å². The molecule has 284 valence electrons. The van der Waals surface area contributed by atoms with Gasteiger partial charge in [0.2, 0.25) is 11.8 Å². The quantitative estimate of drug-likeness (QED) is 0.0888. The zero-order valence-electron chi connectivity index (χ0n) is 30.1. The zero-order valence-corrected chi connectivity index (χ0v) is 38.1. The normalized spacial score (nSPS) is 20.0. The number of aliphatic carboxylic acids is 1. The van der Waals surface area contributed by atoms with Crippen molar-refractivity contribution >= 4 is 109 Å². The third-order valence-corrected chi connectivity index (χ3v) is 13.4. The van der Waals surface area contributed by atoms with Gasteiger partial charge in [0.05, 0.1) is 57.3 Å². The standard InChI is InChI=1S/C34H32ClFN6O8S4.2Na/c35-24-27-19(29(45)20(32(47)48)12-40(27)16-3-4-16)9-21(36)28(24)41(17-5-6-37-11-17)23(44)14-54-34(51)38-10-15-13-53-31-25(30(46)42(31)26(15)33(49)50)39-22(43)8-18-2-1-7-52-18;;/h1-2,7,9,12,16-17,25,31,37H,3-6,8,10-11,13-14H2,(H,38,51)(H,39,43)(H,47,48)(H,49,50);;/q;2*+1/p-2. The van der Waals surface area contributed by atoms with E-state index in [4.69, 9.17) is 23.8 Å². The first kappa shape index (κ1) is 45.1. The van der Waals surface area contributed by atoms with E-state index in [2.05, 4.69) is 16.0 Å². The van der Waals surface area contributed by atoms with Gasteiger partial charge in [-0.15, -0.1) is 23.1 Å². The Hall–Kier alpha value is -2.01. The third kappa shape index (κ3) is 9.08. The maximum Gasteiger partial charge on any atom is 1.00 e. The third-order valence-electron chi connectivity index (χ3n) is 9.50. The number of pyridine rings is 1. The van der Waals surface area contributed by atoms with E-state index in [1.807, 2.05) is 11.4 Å². The molecule has 3 unspecified atom stereocenters. The van der Waals surface area contributed by atoms with Gasteiger partial charge in [0.25, 0.3) is 5.91 Å². The summed E-state index contributed by atoms with van der Waals surface area (Å²) in [5.41, 5.74) is -1.66. The van der Waals surface area contributed by atoms with Crippen molar-refractivity contribution in [2.75, 3.05) is 36.0 Å². The molecular weight excluding hydrogens is 849 g/mol. The van der Waals surface area contributed by atoms with Crippen LogP contribution in [0.5, 0.6) is 0 Å². The van der Waals surface area contributed by atoms with E-state index in [9.17, 15) is 39.0 Å². The number of anilines is 1. The van der Waals surface area contributed by atoms with Gasteiger partial charge in [-0.05, 0) is 48.9 Å². The summed E-state index contributed by atoms with van der Waals surface area (Å²) in [7, 11) is 0. The largest absolute Gasteiger partial charge is 1.00 e. The molecule has 56 heavy (non-hydrogen) atoms. The van der Waals surface area contributed by atoms with Crippen molar-refractivity contribution in [3.63, 3.8) is 0 Å². The van der Waals surface area contributed by atoms with Crippen molar-refractivity contribution in [1.29, 1.82) is 0 Å². The second-order valence-corrected chi connectivity index (χ2v) is 17.2. The fourth-order valence-corrected chi connectivity index (χ4v) is 10.1. The number of thioether (sulfide) groups is 2. The number of carbonyl (C=O) groups is 5. The zero-order chi connectivity index (χ0) is 38.4. The molecule has 5 heterocycles. The molecule has 0 spiro atoms. The molecule has 1 aliphatic carbocycles. The number of nitrogens with one attached hydrogen (secondary N) is 3. The average Bonchev–Trinajstić information content (AvgIpc) is 3.58. The molecule has 0 bridgehead atoms. The summed E-state index contributed by atoms with van der Waals surface area (Å²) >= 11 is 15.9. The summed E-state index contributed by atoms with van der Waals surface area (Å²) in [4.78, 5) is 79.7. The Labute approximate surface area is 386 Å². The molecule has 14 nitrogen and oxygen atoms in total. The number of carboxylic acids is 2. The minimum absolute atomic E-state index is 0. The number of thiophene rings is 1. The van der Waals surface area contributed by atoms with Crippen molar-refractivity contribution in [3.05, 3.63) is 72.5 Å². The van der Waals surface area contributed by atoms with Crippen molar-refractivity contribution in [3.8, 4) is 0 Å². The van der Waals surface area contributed by atoms with Crippen LogP contribution in [0, 0.1) is 5.82 Å². The summed E-state index contributed by atoms with van der Waals surface area (Å²) in [6.45, 7) is 0.808. The maximum atomic E-state index is 16.0. The number of halogens is 2. The van der Waals surface area contributed by atoms with Gasteiger partial charge in [-0.3, -0.25) is 24.1 Å². The Bertz CT molecular complexity index is 2200. The fourth-order valence-electron chi connectivity index (χ4n) is 6.84. The summed E-state index contributed by atoms with van der Waals surface area (Å²) in [6.07, 6.45) is 3.10. The first-order valence-corrected chi connectivity index (χ1v) is 20.5. The predicted octanol–water partition coefficient (Wildman–Crippen LogP) is -5.49. The van der Waals surface area contributed by atoms with Crippen molar-refractivity contribution < 1.29 is 97.7 Å². The first-order valence-electron chi connectivity index (χ1n) is 16.8. The molecule has 2 aromatic heterocycles. The molecule has 1 saturated carbocycles. The molecule has 3 N–H and O–H groups in total. The van der Waals surface area contributed by atoms with Crippen LogP contribution in [-0.4, -0.2) is 92.0 Å². The van der Waals surface area contributed by atoms with Crippen molar-refractivity contribution in [1.82, 2.24) is 25.4 Å². The predicted molar refractivity (Wildman–Crippen MR) is 203 cm³/mol. The van der Waals surface area contributed by atoms with Gasteiger partial charge in [0, 0.05) is 36.0 Å². The van der Waals surface area contributed by atoms with E-state index in [0.717, 1.165) is 33.8 Å². The number of benzene rings is 1. The first-order chi connectivity index (χ1) is 25.8. The van der Waals surface area contributed by atoms with E-state index < -0.39 is 58.0 Å². The Morgan fingerprint density at radius 1 is 1.14 bits per heavy atom. The number of rotatable bonds is 12. The number of β-lactam (4-membered cyclic amide) rings is 1.